The second kappa shape index (κ2) is 9.96. The molecule has 162 valence electrons. The first-order valence-corrected chi connectivity index (χ1v) is 12.6. The zero-order valence-electron chi connectivity index (χ0n) is 16.8. The van der Waals surface area contributed by atoms with Crippen LogP contribution in [-0.2, 0) is 14.8 Å². The topological polar surface area (TPSA) is 66.5 Å². The van der Waals surface area contributed by atoms with Crippen molar-refractivity contribution in [2.45, 2.75) is 16.7 Å². The van der Waals surface area contributed by atoms with Crippen LogP contribution in [0.15, 0.2) is 76.5 Å². The van der Waals surface area contributed by atoms with Gasteiger partial charge in [-0.25, -0.2) is 8.42 Å². The highest BCUT2D eigenvalue weighted by Gasteiger charge is 2.28. The first-order valence-electron chi connectivity index (χ1n) is 9.18. The van der Waals surface area contributed by atoms with Crippen molar-refractivity contribution in [2.24, 2.45) is 0 Å². The number of hydrogen-bond acceptors (Lipinski definition) is 4. The quantitative estimate of drug-likeness (QED) is 0.417. The molecule has 5 nitrogen and oxygen atoms in total. The molecule has 0 fully saturated rings. The van der Waals surface area contributed by atoms with Gasteiger partial charge in [0.25, 0.3) is 10.0 Å². The number of carbonyl (C=O) groups is 1. The van der Waals surface area contributed by atoms with Crippen LogP contribution in [0.2, 0.25) is 10.0 Å². The molecule has 0 saturated heterocycles. The number of nitrogens with zero attached hydrogens (tertiary/aromatic N) is 1. The van der Waals surface area contributed by atoms with Crippen LogP contribution in [0.25, 0.3) is 0 Å². The molecule has 1 N–H and O–H groups in total. The number of benzene rings is 3. The Hall–Kier alpha value is -2.19. The van der Waals surface area contributed by atoms with Crippen LogP contribution in [0.4, 0.5) is 11.4 Å². The number of halogens is 2. The van der Waals surface area contributed by atoms with Gasteiger partial charge in [0.2, 0.25) is 5.91 Å². The normalized spacial score (nSPS) is 11.2. The van der Waals surface area contributed by atoms with E-state index in [1.165, 1.54) is 42.1 Å². The standard InChI is InChI=1S/C22H20Cl2N2O3S2/c1-15-6-8-21(9-7-15)31(28,29)26(19-11-16(23)10-17(24)12-19)14-22(27)25-18-4-3-5-20(13-18)30-2/h3-13H,14H2,1-2H3,(H,25,27). The van der Waals surface area contributed by atoms with Crippen molar-refractivity contribution in [3.05, 3.63) is 82.3 Å². The monoisotopic (exact) mass is 494 g/mol. The summed E-state index contributed by atoms with van der Waals surface area (Å²) in [5.41, 5.74) is 1.70. The van der Waals surface area contributed by atoms with E-state index in [1.54, 1.807) is 18.2 Å². The predicted molar refractivity (Wildman–Crippen MR) is 129 cm³/mol. The molecule has 0 radical (unpaired) electrons. The van der Waals surface area contributed by atoms with E-state index in [-0.39, 0.29) is 20.6 Å². The number of aryl methyl sites for hydroxylation is 1. The SMILES string of the molecule is CSc1cccc(NC(=O)CN(c2cc(Cl)cc(Cl)c2)S(=O)(=O)c2ccc(C)cc2)c1. The molecule has 0 heterocycles. The highest BCUT2D eigenvalue weighted by atomic mass is 35.5. The van der Waals surface area contributed by atoms with E-state index in [0.717, 1.165) is 14.8 Å². The second-order valence-corrected chi connectivity index (χ2v) is 10.3. The molecule has 31 heavy (non-hydrogen) atoms. The third-order valence-corrected chi connectivity index (χ3v) is 7.33. The Morgan fingerprint density at radius 1 is 1.00 bits per heavy atom. The van der Waals surface area contributed by atoms with E-state index in [0.29, 0.717) is 5.69 Å². The number of amides is 1. The van der Waals surface area contributed by atoms with E-state index in [2.05, 4.69) is 5.32 Å². The highest BCUT2D eigenvalue weighted by molar-refractivity contribution is 7.98. The molecule has 0 aromatic heterocycles. The summed E-state index contributed by atoms with van der Waals surface area (Å²) >= 11 is 13.7. The van der Waals surface area contributed by atoms with Gasteiger partial charge >= 0.3 is 0 Å². The molecule has 0 spiro atoms. The first kappa shape index (κ1) is 23.5. The van der Waals surface area contributed by atoms with Crippen molar-refractivity contribution in [2.75, 3.05) is 22.4 Å². The van der Waals surface area contributed by atoms with Gasteiger partial charge in [-0.15, -0.1) is 11.8 Å². The van der Waals surface area contributed by atoms with Gasteiger partial charge < -0.3 is 5.32 Å². The third kappa shape index (κ3) is 5.95. The Labute approximate surface area is 196 Å². The fourth-order valence-corrected chi connectivity index (χ4v) is 5.25. The van der Waals surface area contributed by atoms with Crippen LogP contribution >= 0.6 is 35.0 Å². The maximum Gasteiger partial charge on any atom is 0.264 e. The number of rotatable bonds is 7. The molecule has 3 rings (SSSR count). The van der Waals surface area contributed by atoms with Gasteiger partial charge in [0.15, 0.2) is 0 Å². The molecule has 0 unspecified atom stereocenters. The molecular weight excluding hydrogens is 475 g/mol. The molecule has 9 heteroatoms. The van der Waals surface area contributed by atoms with E-state index in [4.69, 9.17) is 23.2 Å². The summed E-state index contributed by atoms with van der Waals surface area (Å²) in [7, 11) is -4.05. The number of carbonyl (C=O) groups excluding carboxylic acids is 1. The van der Waals surface area contributed by atoms with E-state index >= 15 is 0 Å². The summed E-state index contributed by atoms with van der Waals surface area (Å²) in [5.74, 6) is -0.495. The second-order valence-electron chi connectivity index (χ2n) is 6.73. The third-order valence-electron chi connectivity index (χ3n) is 4.38. The lowest BCUT2D eigenvalue weighted by atomic mass is 10.2. The van der Waals surface area contributed by atoms with E-state index in [9.17, 15) is 13.2 Å². The summed E-state index contributed by atoms with van der Waals surface area (Å²) in [6.45, 7) is 1.41. The minimum atomic E-state index is -4.05. The van der Waals surface area contributed by atoms with Crippen molar-refractivity contribution in [3.8, 4) is 0 Å². The minimum absolute atomic E-state index is 0.0615. The average molecular weight is 495 g/mol. The molecule has 0 aliphatic rings. The van der Waals surface area contributed by atoms with Gasteiger partial charge in [0.1, 0.15) is 6.54 Å². The van der Waals surface area contributed by atoms with Gasteiger partial charge in [-0.2, -0.15) is 0 Å². The van der Waals surface area contributed by atoms with Crippen LogP contribution in [0, 0.1) is 6.92 Å². The molecule has 1 amide bonds. The lowest BCUT2D eigenvalue weighted by Crippen LogP contribution is -2.38. The van der Waals surface area contributed by atoms with Crippen LogP contribution < -0.4 is 9.62 Å². The number of thioether (sulfide) groups is 1. The molecule has 3 aromatic carbocycles. The zero-order valence-corrected chi connectivity index (χ0v) is 19.9. The number of sulfonamides is 1. The van der Waals surface area contributed by atoms with Gasteiger partial charge in [0, 0.05) is 20.6 Å². The number of nitrogens with one attached hydrogen (secondary N) is 1. The molecule has 0 aliphatic carbocycles. The fraction of sp³-hybridized carbons (Fsp3) is 0.136. The van der Waals surface area contributed by atoms with Crippen LogP contribution in [-0.4, -0.2) is 27.1 Å². The summed E-state index contributed by atoms with van der Waals surface area (Å²) in [4.78, 5) is 13.8. The van der Waals surface area contributed by atoms with Crippen LogP contribution in [0.3, 0.4) is 0 Å². The molecule has 0 atom stereocenters. The summed E-state index contributed by atoms with van der Waals surface area (Å²) in [5, 5.41) is 3.28. The Balaban J connectivity index is 1.97. The highest BCUT2D eigenvalue weighted by Crippen LogP contribution is 2.30. The first-order chi connectivity index (χ1) is 14.7. The largest absolute Gasteiger partial charge is 0.324 e. The Morgan fingerprint density at radius 3 is 2.26 bits per heavy atom. The minimum Gasteiger partial charge on any atom is -0.324 e. The van der Waals surface area contributed by atoms with Gasteiger partial charge in [0.05, 0.1) is 10.6 Å². The average Bonchev–Trinajstić information content (AvgIpc) is 2.71. The summed E-state index contributed by atoms with van der Waals surface area (Å²) in [6, 6.07) is 18.1. The molecule has 3 aromatic rings. The van der Waals surface area contributed by atoms with Crippen LogP contribution in [0.1, 0.15) is 5.56 Å². The summed E-state index contributed by atoms with van der Waals surface area (Å²) in [6.07, 6.45) is 1.93. The predicted octanol–water partition coefficient (Wildman–Crippen LogP) is 5.86. The van der Waals surface area contributed by atoms with Gasteiger partial charge in [-0.1, -0.05) is 47.0 Å². The van der Waals surface area contributed by atoms with Crippen LogP contribution in [0.5, 0.6) is 0 Å². The van der Waals surface area contributed by atoms with Crippen molar-refractivity contribution < 1.29 is 13.2 Å². The molecule has 0 bridgehead atoms. The lowest BCUT2D eigenvalue weighted by Gasteiger charge is -2.24. The Bertz CT molecular complexity index is 1180. The Morgan fingerprint density at radius 2 is 1.65 bits per heavy atom. The Kier molecular flexibility index (Phi) is 7.54. The molecule has 0 saturated carbocycles. The van der Waals surface area contributed by atoms with Crippen molar-refractivity contribution in [1.29, 1.82) is 0 Å². The van der Waals surface area contributed by atoms with Gasteiger partial charge in [-0.05, 0) is 61.7 Å². The van der Waals surface area contributed by atoms with E-state index in [1.807, 2.05) is 31.4 Å². The van der Waals surface area contributed by atoms with E-state index < -0.39 is 22.5 Å². The van der Waals surface area contributed by atoms with Crippen molar-refractivity contribution >= 4 is 62.3 Å². The maximum atomic E-state index is 13.4. The number of anilines is 2. The van der Waals surface area contributed by atoms with Crippen molar-refractivity contribution in [1.82, 2.24) is 0 Å². The summed E-state index contributed by atoms with van der Waals surface area (Å²) < 4.78 is 27.8. The smallest absolute Gasteiger partial charge is 0.264 e. The zero-order chi connectivity index (χ0) is 22.6. The maximum absolute atomic E-state index is 13.4. The molecule has 0 aliphatic heterocycles. The number of hydrogen-bond donors (Lipinski definition) is 1. The lowest BCUT2D eigenvalue weighted by molar-refractivity contribution is -0.114. The van der Waals surface area contributed by atoms with Crippen molar-refractivity contribution in [3.63, 3.8) is 0 Å². The van der Waals surface area contributed by atoms with Gasteiger partial charge in [-0.3, -0.25) is 9.10 Å². The molecular formula is C22H20Cl2N2O3S2. The fourth-order valence-electron chi connectivity index (χ4n) is 2.87.